The van der Waals surface area contributed by atoms with Crippen molar-refractivity contribution in [2.75, 3.05) is 0 Å². The fourth-order valence-corrected chi connectivity index (χ4v) is 1.90. The van der Waals surface area contributed by atoms with Gasteiger partial charge in [-0.05, 0) is 28.1 Å². The van der Waals surface area contributed by atoms with Crippen molar-refractivity contribution in [3.8, 4) is 5.69 Å². The first kappa shape index (κ1) is 11.3. The van der Waals surface area contributed by atoms with E-state index in [9.17, 15) is 10.1 Å². The predicted octanol–water partition coefficient (Wildman–Crippen LogP) is 3.31. The molecule has 0 fully saturated rings. The Bertz CT molecular complexity index is 553. The number of nitro groups is 1. The van der Waals surface area contributed by atoms with E-state index in [0.29, 0.717) is 10.2 Å². The Hall–Kier alpha value is -1.21. The van der Waals surface area contributed by atoms with E-state index in [-0.39, 0.29) is 5.69 Å². The lowest BCUT2D eigenvalue weighted by atomic mass is 10.3. The molecule has 0 radical (unpaired) electrons. The Morgan fingerprint density at radius 3 is 2.62 bits per heavy atom. The van der Waals surface area contributed by atoms with Gasteiger partial charge in [-0.3, -0.25) is 10.1 Å². The van der Waals surface area contributed by atoms with Gasteiger partial charge in [0.25, 0.3) is 5.69 Å². The van der Waals surface area contributed by atoms with Crippen molar-refractivity contribution in [1.82, 2.24) is 9.78 Å². The summed E-state index contributed by atoms with van der Waals surface area (Å²) in [5.41, 5.74) is 0.434. The Balaban J connectivity index is 2.60. The Labute approximate surface area is 107 Å². The van der Waals surface area contributed by atoms with Crippen molar-refractivity contribution >= 4 is 37.5 Å². The van der Waals surface area contributed by atoms with Gasteiger partial charge < -0.3 is 0 Å². The van der Waals surface area contributed by atoms with Crippen molar-refractivity contribution < 1.29 is 4.92 Å². The van der Waals surface area contributed by atoms with Crippen molar-refractivity contribution in [2.45, 2.75) is 0 Å². The third kappa shape index (κ3) is 2.14. The summed E-state index contributed by atoms with van der Waals surface area (Å²) in [6.07, 6.45) is 3.24. The van der Waals surface area contributed by atoms with Crippen LogP contribution in [0.15, 0.2) is 39.5 Å². The molecule has 16 heavy (non-hydrogen) atoms. The minimum atomic E-state index is -0.435. The highest BCUT2D eigenvalue weighted by molar-refractivity contribution is 9.10. The Morgan fingerprint density at radius 1 is 1.31 bits per heavy atom. The number of nitro benzene ring substituents is 1. The third-order valence-corrected chi connectivity index (χ3v) is 2.83. The SMILES string of the molecule is O=[N+]([O-])c1cc(Br)ccc1-n1cc(Br)cn1. The van der Waals surface area contributed by atoms with Crippen molar-refractivity contribution in [2.24, 2.45) is 0 Å². The van der Waals surface area contributed by atoms with Gasteiger partial charge in [0, 0.05) is 16.7 Å². The molecule has 2 rings (SSSR count). The van der Waals surface area contributed by atoms with Crippen LogP contribution in [0.25, 0.3) is 5.69 Å². The van der Waals surface area contributed by atoms with E-state index in [1.54, 1.807) is 24.5 Å². The van der Waals surface area contributed by atoms with Crippen LogP contribution in [0.1, 0.15) is 0 Å². The smallest absolute Gasteiger partial charge is 0.258 e. The summed E-state index contributed by atoms with van der Waals surface area (Å²) < 4.78 is 2.88. The number of hydrogen-bond donors (Lipinski definition) is 0. The van der Waals surface area contributed by atoms with Gasteiger partial charge in [0.1, 0.15) is 5.69 Å². The first-order chi connectivity index (χ1) is 7.58. The number of aromatic nitrogens is 2. The predicted molar refractivity (Wildman–Crippen MR) is 65.6 cm³/mol. The van der Waals surface area contributed by atoms with Gasteiger partial charge in [0.15, 0.2) is 0 Å². The maximum atomic E-state index is 10.9. The fourth-order valence-electron chi connectivity index (χ4n) is 1.27. The molecular weight excluding hydrogens is 342 g/mol. The Morgan fingerprint density at radius 2 is 2.06 bits per heavy atom. The van der Waals surface area contributed by atoms with E-state index in [0.717, 1.165) is 4.47 Å². The monoisotopic (exact) mass is 345 g/mol. The minimum Gasteiger partial charge on any atom is -0.258 e. The minimum absolute atomic E-state index is 0.00461. The second-order valence-corrected chi connectivity index (χ2v) is 4.82. The first-order valence-corrected chi connectivity index (χ1v) is 5.81. The highest BCUT2D eigenvalue weighted by atomic mass is 79.9. The molecule has 0 spiro atoms. The van der Waals surface area contributed by atoms with Crippen LogP contribution in [0.2, 0.25) is 0 Å². The molecule has 0 bridgehead atoms. The van der Waals surface area contributed by atoms with Crippen LogP contribution in [-0.4, -0.2) is 14.7 Å². The van der Waals surface area contributed by atoms with E-state index < -0.39 is 4.92 Å². The maximum absolute atomic E-state index is 10.9. The van der Waals surface area contributed by atoms with E-state index in [1.807, 2.05) is 0 Å². The van der Waals surface area contributed by atoms with Crippen LogP contribution < -0.4 is 0 Å². The van der Waals surface area contributed by atoms with Crippen LogP contribution in [0.4, 0.5) is 5.69 Å². The van der Waals surface area contributed by atoms with Crippen molar-refractivity contribution in [3.05, 3.63) is 49.7 Å². The molecule has 7 heteroatoms. The molecule has 0 aliphatic carbocycles. The lowest BCUT2D eigenvalue weighted by Gasteiger charge is -2.02. The fraction of sp³-hybridized carbons (Fsp3) is 0. The van der Waals surface area contributed by atoms with Crippen LogP contribution in [-0.2, 0) is 0 Å². The molecule has 0 N–H and O–H groups in total. The molecular formula is C9H5Br2N3O2. The number of nitrogens with zero attached hydrogens (tertiary/aromatic N) is 3. The van der Waals surface area contributed by atoms with Crippen LogP contribution in [0.3, 0.4) is 0 Å². The number of benzene rings is 1. The zero-order valence-electron chi connectivity index (χ0n) is 7.80. The molecule has 0 saturated carbocycles. The summed E-state index contributed by atoms with van der Waals surface area (Å²) in [5, 5.41) is 14.9. The first-order valence-electron chi connectivity index (χ1n) is 4.22. The largest absolute Gasteiger partial charge is 0.295 e. The molecule has 0 amide bonds. The molecule has 0 saturated heterocycles. The summed E-state index contributed by atoms with van der Waals surface area (Å²) in [4.78, 5) is 10.5. The van der Waals surface area contributed by atoms with E-state index in [4.69, 9.17) is 0 Å². The van der Waals surface area contributed by atoms with E-state index in [2.05, 4.69) is 37.0 Å². The van der Waals surface area contributed by atoms with Gasteiger partial charge in [-0.15, -0.1) is 0 Å². The summed E-state index contributed by atoms with van der Waals surface area (Å²) in [6, 6.07) is 4.82. The van der Waals surface area contributed by atoms with E-state index >= 15 is 0 Å². The molecule has 1 heterocycles. The average Bonchev–Trinajstić information content (AvgIpc) is 2.64. The molecule has 2 aromatic rings. The lowest BCUT2D eigenvalue weighted by molar-refractivity contribution is -0.384. The molecule has 5 nitrogen and oxygen atoms in total. The van der Waals surface area contributed by atoms with Gasteiger partial charge in [0.05, 0.1) is 15.6 Å². The maximum Gasteiger partial charge on any atom is 0.295 e. The molecule has 0 aliphatic rings. The lowest BCUT2D eigenvalue weighted by Crippen LogP contribution is -2.00. The van der Waals surface area contributed by atoms with Crippen LogP contribution in [0, 0.1) is 10.1 Å². The van der Waals surface area contributed by atoms with Gasteiger partial charge in [-0.2, -0.15) is 5.10 Å². The summed E-state index contributed by atoms with van der Waals surface area (Å²) in [7, 11) is 0. The second-order valence-electron chi connectivity index (χ2n) is 2.99. The van der Waals surface area contributed by atoms with Crippen LogP contribution >= 0.6 is 31.9 Å². The number of rotatable bonds is 2. The second kappa shape index (κ2) is 4.34. The molecule has 0 aliphatic heterocycles. The van der Waals surface area contributed by atoms with Gasteiger partial charge >= 0.3 is 0 Å². The molecule has 1 aromatic heterocycles. The van der Waals surface area contributed by atoms with Gasteiger partial charge in [0.2, 0.25) is 0 Å². The highest BCUT2D eigenvalue weighted by Gasteiger charge is 2.16. The van der Waals surface area contributed by atoms with E-state index in [1.165, 1.54) is 10.7 Å². The zero-order valence-corrected chi connectivity index (χ0v) is 11.0. The molecule has 82 valence electrons. The highest BCUT2D eigenvalue weighted by Crippen LogP contribution is 2.26. The summed E-state index contributed by atoms with van der Waals surface area (Å²) in [5.74, 6) is 0. The average molecular weight is 347 g/mol. The molecule has 0 unspecified atom stereocenters. The standard InChI is InChI=1S/C9H5Br2N3O2/c10-6-1-2-8(9(3-6)14(15)16)13-5-7(11)4-12-13/h1-5H. The number of hydrogen-bond acceptors (Lipinski definition) is 3. The topological polar surface area (TPSA) is 61.0 Å². The van der Waals surface area contributed by atoms with Gasteiger partial charge in [-0.25, -0.2) is 4.68 Å². The summed E-state index contributed by atoms with van der Waals surface area (Å²) >= 11 is 6.44. The molecule has 0 atom stereocenters. The van der Waals surface area contributed by atoms with Crippen LogP contribution in [0.5, 0.6) is 0 Å². The van der Waals surface area contributed by atoms with Gasteiger partial charge in [-0.1, -0.05) is 15.9 Å². The third-order valence-electron chi connectivity index (χ3n) is 1.93. The van der Waals surface area contributed by atoms with Crippen molar-refractivity contribution in [1.29, 1.82) is 0 Å². The Kier molecular flexibility index (Phi) is 3.06. The van der Waals surface area contributed by atoms with Crippen molar-refractivity contribution in [3.63, 3.8) is 0 Å². The quantitative estimate of drug-likeness (QED) is 0.619. The number of halogens is 2. The zero-order chi connectivity index (χ0) is 11.7. The summed E-state index contributed by atoms with van der Waals surface area (Å²) in [6.45, 7) is 0. The molecule has 1 aromatic carbocycles. The normalized spacial score (nSPS) is 10.4.